The molecule has 0 unspecified atom stereocenters. The van der Waals surface area contributed by atoms with Crippen molar-refractivity contribution < 1.29 is 13.6 Å². The molecule has 30 heavy (non-hydrogen) atoms. The topological polar surface area (TPSA) is 49.6 Å². The number of carbonyl (C=O) groups excluding carboxylic acids is 1. The lowest BCUT2D eigenvalue weighted by Crippen LogP contribution is -2.49. The SMILES string of the molecule is Cc1cccc(N2CCN(C(=O)CCc3ncc(-c4ccc(F)cc4)o3)CC2)c1C. The van der Waals surface area contributed by atoms with Gasteiger partial charge in [-0.1, -0.05) is 12.1 Å². The van der Waals surface area contributed by atoms with Crippen molar-refractivity contribution >= 4 is 11.6 Å². The van der Waals surface area contributed by atoms with E-state index in [0.29, 0.717) is 24.5 Å². The third-order valence-electron chi connectivity index (χ3n) is 5.78. The minimum atomic E-state index is -0.290. The number of hydrogen-bond acceptors (Lipinski definition) is 4. The number of hydrogen-bond donors (Lipinski definition) is 0. The van der Waals surface area contributed by atoms with E-state index in [1.165, 1.54) is 28.9 Å². The van der Waals surface area contributed by atoms with Crippen LogP contribution in [0, 0.1) is 19.7 Å². The zero-order chi connectivity index (χ0) is 21.1. The Labute approximate surface area is 176 Å². The van der Waals surface area contributed by atoms with Gasteiger partial charge >= 0.3 is 0 Å². The largest absolute Gasteiger partial charge is 0.441 e. The van der Waals surface area contributed by atoms with Crippen molar-refractivity contribution in [3.63, 3.8) is 0 Å². The lowest BCUT2D eigenvalue weighted by atomic mass is 10.1. The van der Waals surface area contributed by atoms with Crippen LogP contribution in [0.25, 0.3) is 11.3 Å². The van der Waals surface area contributed by atoms with Crippen LogP contribution in [0.5, 0.6) is 0 Å². The quantitative estimate of drug-likeness (QED) is 0.630. The summed E-state index contributed by atoms with van der Waals surface area (Å²) in [6.07, 6.45) is 2.44. The van der Waals surface area contributed by atoms with Crippen LogP contribution in [0.2, 0.25) is 0 Å². The molecule has 156 valence electrons. The van der Waals surface area contributed by atoms with Gasteiger partial charge in [-0.05, 0) is 55.3 Å². The Bertz CT molecular complexity index is 1020. The molecule has 1 aliphatic heterocycles. The Morgan fingerprint density at radius 1 is 1.07 bits per heavy atom. The lowest BCUT2D eigenvalue weighted by Gasteiger charge is -2.37. The molecule has 5 nitrogen and oxygen atoms in total. The smallest absolute Gasteiger partial charge is 0.223 e. The minimum absolute atomic E-state index is 0.122. The van der Waals surface area contributed by atoms with Crippen LogP contribution in [0.1, 0.15) is 23.4 Å². The third kappa shape index (κ3) is 4.37. The van der Waals surface area contributed by atoms with Crippen LogP contribution < -0.4 is 4.90 Å². The maximum absolute atomic E-state index is 13.1. The van der Waals surface area contributed by atoms with Crippen LogP contribution in [0.4, 0.5) is 10.1 Å². The lowest BCUT2D eigenvalue weighted by molar-refractivity contribution is -0.131. The number of rotatable bonds is 5. The molecule has 0 radical (unpaired) electrons. The number of nitrogens with zero attached hydrogens (tertiary/aromatic N) is 3. The Hall–Kier alpha value is -3.15. The van der Waals surface area contributed by atoms with Crippen molar-refractivity contribution in [1.82, 2.24) is 9.88 Å². The summed E-state index contributed by atoms with van der Waals surface area (Å²) in [5.74, 6) is 0.940. The fourth-order valence-corrected chi connectivity index (χ4v) is 3.82. The minimum Gasteiger partial charge on any atom is -0.441 e. The first-order valence-corrected chi connectivity index (χ1v) is 10.3. The van der Waals surface area contributed by atoms with Crippen LogP contribution in [0.15, 0.2) is 53.1 Å². The zero-order valence-electron chi connectivity index (χ0n) is 17.4. The number of piperazine rings is 1. The van der Waals surface area contributed by atoms with Gasteiger partial charge in [-0.15, -0.1) is 0 Å². The molecule has 4 rings (SSSR count). The maximum atomic E-state index is 13.1. The summed E-state index contributed by atoms with van der Waals surface area (Å²) in [5.41, 5.74) is 4.62. The van der Waals surface area contributed by atoms with E-state index in [2.05, 4.69) is 41.9 Å². The van der Waals surface area contributed by atoms with Crippen LogP contribution >= 0.6 is 0 Å². The number of benzene rings is 2. The molecule has 1 saturated heterocycles. The standard InChI is InChI=1S/C24H26FN3O2/c1-17-4-3-5-21(18(17)2)27-12-14-28(15-13-27)24(29)11-10-23-26-16-22(30-23)19-6-8-20(25)9-7-19/h3-9,16H,10-15H2,1-2H3. The molecule has 1 fully saturated rings. The molecule has 6 heteroatoms. The van der Waals surface area contributed by atoms with Crippen LogP contribution in [-0.4, -0.2) is 42.0 Å². The molecule has 1 aliphatic rings. The van der Waals surface area contributed by atoms with Gasteiger partial charge < -0.3 is 14.2 Å². The molecule has 0 bridgehead atoms. The van der Waals surface area contributed by atoms with Crippen molar-refractivity contribution in [2.75, 3.05) is 31.1 Å². The van der Waals surface area contributed by atoms with Gasteiger partial charge in [-0.25, -0.2) is 9.37 Å². The monoisotopic (exact) mass is 407 g/mol. The predicted octanol–water partition coefficient (Wildman–Crippen LogP) is 4.38. The zero-order valence-corrected chi connectivity index (χ0v) is 17.4. The number of aromatic nitrogens is 1. The summed E-state index contributed by atoms with van der Waals surface area (Å²) in [5, 5.41) is 0. The van der Waals surface area contributed by atoms with Crippen molar-refractivity contribution in [3.8, 4) is 11.3 Å². The molecule has 2 aromatic carbocycles. The molecular weight excluding hydrogens is 381 g/mol. The molecule has 0 N–H and O–H groups in total. The van der Waals surface area contributed by atoms with E-state index >= 15 is 0 Å². The molecule has 0 saturated carbocycles. The first-order valence-electron chi connectivity index (χ1n) is 10.3. The van der Waals surface area contributed by atoms with Gasteiger partial charge in [-0.2, -0.15) is 0 Å². The van der Waals surface area contributed by atoms with E-state index in [1.807, 2.05) is 4.90 Å². The van der Waals surface area contributed by atoms with Crippen molar-refractivity contribution in [1.29, 1.82) is 0 Å². The van der Waals surface area contributed by atoms with Crippen molar-refractivity contribution in [3.05, 3.63) is 71.5 Å². The van der Waals surface area contributed by atoms with Gasteiger partial charge in [0, 0.05) is 50.3 Å². The summed E-state index contributed by atoms with van der Waals surface area (Å²) in [6.45, 7) is 7.40. The number of aryl methyl sites for hydroxylation is 2. The van der Waals surface area contributed by atoms with Crippen molar-refractivity contribution in [2.45, 2.75) is 26.7 Å². The second-order valence-corrected chi connectivity index (χ2v) is 7.71. The normalized spacial score (nSPS) is 14.2. The number of carbonyl (C=O) groups is 1. The average molecular weight is 407 g/mol. The molecular formula is C24H26FN3O2. The summed E-state index contributed by atoms with van der Waals surface area (Å²) in [7, 11) is 0. The summed E-state index contributed by atoms with van der Waals surface area (Å²) >= 11 is 0. The maximum Gasteiger partial charge on any atom is 0.223 e. The fourth-order valence-electron chi connectivity index (χ4n) is 3.82. The highest BCUT2D eigenvalue weighted by Crippen LogP contribution is 2.24. The highest BCUT2D eigenvalue weighted by molar-refractivity contribution is 5.76. The van der Waals surface area contributed by atoms with E-state index in [-0.39, 0.29) is 11.7 Å². The Kier molecular flexibility index (Phi) is 5.84. The Morgan fingerprint density at radius 3 is 2.53 bits per heavy atom. The summed E-state index contributed by atoms with van der Waals surface area (Å²) in [4.78, 5) is 21.2. The number of halogens is 1. The first kappa shape index (κ1) is 20.1. The van der Waals surface area contributed by atoms with E-state index in [0.717, 1.165) is 31.7 Å². The van der Waals surface area contributed by atoms with Crippen LogP contribution in [0.3, 0.4) is 0 Å². The molecule has 3 aromatic rings. The molecule has 1 amide bonds. The van der Waals surface area contributed by atoms with Gasteiger partial charge in [0.15, 0.2) is 11.7 Å². The average Bonchev–Trinajstić information content (AvgIpc) is 3.24. The number of oxazole rings is 1. The molecule has 0 aliphatic carbocycles. The number of anilines is 1. The molecule has 1 aromatic heterocycles. The summed E-state index contributed by atoms with van der Waals surface area (Å²) in [6, 6.07) is 12.5. The fraction of sp³-hybridized carbons (Fsp3) is 0.333. The molecule has 2 heterocycles. The van der Waals surface area contributed by atoms with Gasteiger partial charge in [0.2, 0.25) is 5.91 Å². The Morgan fingerprint density at radius 2 is 1.80 bits per heavy atom. The van der Waals surface area contributed by atoms with Crippen LogP contribution in [-0.2, 0) is 11.2 Å². The van der Waals surface area contributed by atoms with Gasteiger partial charge in [0.05, 0.1) is 6.20 Å². The first-order chi connectivity index (χ1) is 14.5. The van der Waals surface area contributed by atoms with Gasteiger partial charge in [-0.3, -0.25) is 4.79 Å². The van der Waals surface area contributed by atoms with E-state index in [9.17, 15) is 9.18 Å². The predicted molar refractivity (Wildman–Crippen MR) is 115 cm³/mol. The highest BCUT2D eigenvalue weighted by atomic mass is 19.1. The van der Waals surface area contributed by atoms with Gasteiger partial charge in [0.25, 0.3) is 0 Å². The highest BCUT2D eigenvalue weighted by Gasteiger charge is 2.22. The second kappa shape index (κ2) is 8.69. The van der Waals surface area contributed by atoms with E-state index < -0.39 is 0 Å². The van der Waals surface area contributed by atoms with E-state index in [1.54, 1.807) is 18.3 Å². The second-order valence-electron chi connectivity index (χ2n) is 7.71. The van der Waals surface area contributed by atoms with E-state index in [4.69, 9.17) is 4.42 Å². The molecule has 0 atom stereocenters. The third-order valence-corrected chi connectivity index (χ3v) is 5.78. The van der Waals surface area contributed by atoms with Gasteiger partial charge in [0.1, 0.15) is 5.82 Å². The Balaban J connectivity index is 1.29. The number of amides is 1. The summed E-state index contributed by atoms with van der Waals surface area (Å²) < 4.78 is 18.8. The molecule has 0 spiro atoms. The van der Waals surface area contributed by atoms with Crippen molar-refractivity contribution in [2.24, 2.45) is 0 Å².